The first-order valence-electron chi connectivity index (χ1n) is 8.74. The second kappa shape index (κ2) is 8.22. The normalized spacial score (nSPS) is 12.1. The topological polar surface area (TPSA) is 86.9 Å². The molecule has 2 aromatic carbocycles. The SMILES string of the molecule is CC(C)C[C@@H](NC(=O)c1cccc(Cl)c1)C(=O)Nc1nc2ccccc2[nH]1. The van der Waals surface area contributed by atoms with Crippen molar-refractivity contribution in [2.45, 2.75) is 26.3 Å². The number of hydrogen-bond donors (Lipinski definition) is 3. The second-order valence-corrected chi connectivity index (χ2v) is 7.19. The first kappa shape index (κ1) is 18.9. The van der Waals surface area contributed by atoms with Gasteiger partial charge in [-0.15, -0.1) is 0 Å². The van der Waals surface area contributed by atoms with Gasteiger partial charge in [0.25, 0.3) is 5.91 Å². The van der Waals surface area contributed by atoms with E-state index in [2.05, 4.69) is 20.6 Å². The maximum Gasteiger partial charge on any atom is 0.251 e. The minimum atomic E-state index is -0.690. The van der Waals surface area contributed by atoms with Crippen molar-refractivity contribution >= 4 is 40.4 Å². The zero-order chi connectivity index (χ0) is 19.4. The number of benzene rings is 2. The smallest absolute Gasteiger partial charge is 0.251 e. The molecule has 7 heteroatoms. The molecule has 0 radical (unpaired) electrons. The molecule has 0 aliphatic rings. The molecule has 27 heavy (non-hydrogen) atoms. The summed E-state index contributed by atoms with van der Waals surface area (Å²) < 4.78 is 0. The minimum Gasteiger partial charge on any atom is -0.340 e. The Morgan fingerprint density at radius 2 is 1.93 bits per heavy atom. The van der Waals surface area contributed by atoms with Crippen molar-refractivity contribution in [2.24, 2.45) is 5.92 Å². The van der Waals surface area contributed by atoms with Crippen LogP contribution in [0.15, 0.2) is 48.5 Å². The van der Waals surface area contributed by atoms with Crippen LogP contribution >= 0.6 is 11.6 Å². The molecule has 140 valence electrons. The Labute approximate surface area is 162 Å². The van der Waals surface area contributed by atoms with E-state index in [4.69, 9.17) is 11.6 Å². The van der Waals surface area contributed by atoms with Gasteiger partial charge in [0, 0.05) is 10.6 Å². The molecule has 0 saturated heterocycles. The number of nitrogens with one attached hydrogen (secondary N) is 3. The Kier molecular flexibility index (Phi) is 5.76. The largest absolute Gasteiger partial charge is 0.340 e. The monoisotopic (exact) mass is 384 g/mol. The molecule has 0 aliphatic carbocycles. The molecule has 0 spiro atoms. The highest BCUT2D eigenvalue weighted by Crippen LogP contribution is 2.15. The number of H-pyrrole nitrogens is 1. The van der Waals surface area contributed by atoms with Gasteiger partial charge < -0.3 is 10.3 Å². The Bertz CT molecular complexity index is 934. The van der Waals surface area contributed by atoms with E-state index < -0.39 is 6.04 Å². The predicted molar refractivity (Wildman–Crippen MR) is 107 cm³/mol. The highest BCUT2D eigenvalue weighted by atomic mass is 35.5. The number of imidazole rings is 1. The molecular formula is C20H21ClN4O2. The quantitative estimate of drug-likeness (QED) is 0.600. The van der Waals surface area contributed by atoms with E-state index in [1.807, 2.05) is 38.1 Å². The number of fused-ring (bicyclic) bond motifs is 1. The summed E-state index contributed by atoms with van der Waals surface area (Å²) in [4.78, 5) is 32.7. The van der Waals surface area contributed by atoms with Gasteiger partial charge in [0.05, 0.1) is 11.0 Å². The van der Waals surface area contributed by atoms with E-state index in [9.17, 15) is 9.59 Å². The summed E-state index contributed by atoms with van der Waals surface area (Å²) in [6.07, 6.45) is 0.498. The van der Waals surface area contributed by atoms with Crippen LogP contribution in [0.25, 0.3) is 11.0 Å². The second-order valence-electron chi connectivity index (χ2n) is 6.76. The van der Waals surface area contributed by atoms with Crippen molar-refractivity contribution in [3.05, 3.63) is 59.1 Å². The van der Waals surface area contributed by atoms with Gasteiger partial charge in [0.15, 0.2) is 0 Å². The Hall–Kier alpha value is -2.86. The number of amides is 2. The summed E-state index contributed by atoms with van der Waals surface area (Å²) >= 11 is 5.95. The number of nitrogens with zero attached hydrogens (tertiary/aromatic N) is 1. The van der Waals surface area contributed by atoms with Gasteiger partial charge >= 0.3 is 0 Å². The summed E-state index contributed by atoms with van der Waals surface area (Å²) in [7, 11) is 0. The van der Waals surface area contributed by atoms with E-state index in [0.717, 1.165) is 11.0 Å². The van der Waals surface area contributed by atoms with Crippen molar-refractivity contribution in [1.82, 2.24) is 15.3 Å². The fraction of sp³-hybridized carbons (Fsp3) is 0.250. The van der Waals surface area contributed by atoms with Gasteiger partial charge in [-0.05, 0) is 42.7 Å². The molecule has 2 amide bonds. The summed E-state index contributed by atoms with van der Waals surface area (Å²) in [5.74, 6) is -0.0934. The molecule has 0 fully saturated rings. The summed E-state index contributed by atoms with van der Waals surface area (Å²) in [5, 5.41) is 6.02. The minimum absolute atomic E-state index is 0.219. The van der Waals surface area contributed by atoms with Crippen LogP contribution in [0.3, 0.4) is 0 Å². The molecule has 0 saturated carbocycles. The van der Waals surface area contributed by atoms with Crippen molar-refractivity contribution in [3.63, 3.8) is 0 Å². The summed E-state index contributed by atoms with van der Waals surface area (Å²) in [5.41, 5.74) is 2.00. The Morgan fingerprint density at radius 1 is 1.15 bits per heavy atom. The highest BCUT2D eigenvalue weighted by Gasteiger charge is 2.23. The first-order valence-corrected chi connectivity index (χ1v) is 9.12. The fourth-order valence-corrected chi connectivity index (χ4v) is 2.98. The third-order valence-corrected chi connectivity index (χ3v) is 4.28. The number of anilines is 1. The van der Waals surface area contributed by atoms with Gasteiger partial charge in [0.1, 0.15) is 6.04 Å². The lowest BCUT2D eigenvalue weighted by molar-refractivity contribution is -0.118. The van der Waals surface area contributed by atoms with Crippen molar-refractivity contribution in [3.8, 4) is 0 Å². The van der Waals surface area contributed by atoms with Crippen LogP contribution < -0.4 is 10.6 Å². The van der Waals surface area contributed by atoms with Crippen molar-refractivity contribution < 1.29 is 9.59 Å². The molecular weight excluding hydrogens is 364 g/mol. The van der Waals surface area contributed by atoms with Crippen LogP contribution in [-0.2, 0) is 4.79 Å². The van der Waals surface area contributed by atoms with E-state index in [1.165, 1.54) is 0 Å². The first-order chi connectivity index (χ1) is 12.9. The number of carbonyl (C=O) groups excluding carboxylic acids is 2. The molecule has 0 bridgehead atoms. The molecule has 1 heterocycles. The molecule has 3 N–H and O–H groups in total. The predicted octanol–water partition coefficient (Wildman–Crippen LogP) is 4.00. The van der Waals surface area contributed by atoms with E-state index in [1.54, 1.807) is 24.3 Å². The number of hydrogen-bond acceptors (Lipinski definition) is 3. The number of aromatic nitrogens is 2. The van der Waals surface area contributed by atoms with Crippen molar-refractivity contribution in [2.75, 3.05) is 5.32 Å². The molecule has 0 unspecified atom stereocenters. The molecule has 1 atom stereocenters. The zero-order valence-corrected chi connectivity index (χ0v) is 15.9. The van der Waals surface area contributed by atoms with Gasteiger partial charge in [-0.2, -0.15) is 0 Å². The number of halogens is 1. The van der Waals surface area contributed by atoms with E-state index in [-0.39, 0.29) is 17.7 Å². The maximum atomic E-state index is 12.7. The van der Waals surface area contributed by atoms with Gasteiger partial charge in [-0.1, -0.05) is 43.6 Å². The number of carbonyl (C=O) groups is 2. The number of aromatic amines is 1. The molecule has 1 aromatic heterocycles. The van der Waals surface area contributed by atoms with Gasteiger partial charge in [0.2, 0.25) is 11.9 Å². The lowest BCUT2D eigenvalue weighted by Crippen LogP contribution is -2.44. The maximum absolute atomic E-state index is 12.7. The highest BCUT2D eigenvalue weighted by molar-refractivity contribution is 6.31. The summed E-state index contributed by atoms with van der Waals surface area (Å²) in [6.45, 7) is 3.99. The third kappa shape index (κ3) is 4.86. The Morgan fingerprint density at radius 3 is 2.63 bits per heavy atom. The fourth-order valence-electron chi connectivity index (χ4n) is 2.79. The van der Waals surface area contributed by atoms with Crippen LogP contribution in [0.4, 0.5) is 5.95 Å². The van der Waals surface area contributed by atoms with Gasteiger partial charge in [-0.3, -0.25) is 14.9 Å². The summed E-state index contributed by atoms with van der Waals surface area (Å²) in [6, 6.07) is 13.4. The molecule has 3 rings (SSSR count). The third-order valence-electron chi connectivity index (χ3n) is 4.05. The van der Waals surface area contributed by atoms with Crippen LogP contribution in [0.2, 0.25) is 5.02 Å². The zero-order valence-electron chi connectivity index (χ0n) is 15.1. The van der Waals surface area contributed by atoms with Crippen LogP contribution in [0.1, 0.15) is 30.6 Å². The molecule has 0 aliphatic heterocycles. The standard InChI is InChI=1S/C20H21ClN4O2/c1-12(2)10-17(22-18(26)13-6-5-7-14(21)11-13)19(27)25-20-23-15-8-3-4-9-16(15)24-20/h3-9,11-12,17H,10H2,1-2H3,(H,22,26)(H2,23,24,25,27)/t17-/m1/s1. The van der Waals surface area contributed by atoms with Crippen molar-refractivity contribution in [1.29, 1.82) is 0 Å². The van der Waals surface area contributed by atoms with Crippen LogP contribution in [-0.4, -0.2) is 27.8 Å². The molecule has 6 nitrogen and oxygen atoms in total. The molecule has 3 aromatic rings. The Balaban J connectivity index is 1.74. The van der Waals surface area contributed by atoms with E-state index >= 15 is 0 Å². The van der Waals surface area contributed by atoms with Crippen LogP contribution in [0, 0.1) is 5.92 Å². The number of para-hydroxylation sites is 2. The van der Waals surface area contributed by atoms with Crippen LogP contribution in [0.5, 0.6) is 0 Å². The van der Waals surface area contributed by atoms with Gasteiger partial charge in [-0.25, -0.2) is 4.98 Å². The van der Waals surface area contributed by atoms with E-state index in [0.29, 0.717) is 23.0 Å². The lowest BCUT2D eigenvalue weighted by atomic mass is 10.0. The number of rotatable bonds is 6. The lowest BCUT2D eigenvalue weighted by Gasteiger charge is -2.19. The average Bonchev–Trinajstić information content (AvgIpc) is 3.02. The average molecular weight is 385 g/mol.